The van der Waals surface area contributed by atoms with Crippen molar-refractivity contribution in [2.24, 2.45) is 0 Å². The monoisotopic (exact) mass is 437 g/mol. The molecule has 1 aromatic heterocycles. The van der Waals surface area contributed by atoms with Crippen molar-refractivity contribution in [2.45, 2.75) is 33.7 Å². The largest absolute Gasteiger partial charge is 0.413 e. The van der Waals surface area contributed by atoms with Crippen LogP contribution < -0.4 is 5.48 Å². The Kier molecular flexibility index (Phi) is 5.38. The van der Waals surface area contributed by atoms with Crippen LogP contribution in [0.4, 0.5) is 0 Å². The summed E-state index contributed by atoms with van der Waals surface area (Å²) in [6, 6.07) is 14.9. The Morgan fingerprint density at radius 3 is 2.71 bits per heavy atom. The van der Waals surface area contributed by atoms with E-state index in [-0.39, 0.29) is 0 Å². The van der Waals surface area contributed by atoms with Gasteiger partial charge < -0.3 is 9.40 Å². The van der Waals surface area contributed by atoms with Crippen LogP contribution in [0.1, 0.15) is 37.2 Å². The molecule has 1 N–H and O–H groups in total. The third-order valence-electron chi connectivity index (χ3n) is 5.14. The van der Waals surface area contributed by atoms with E-state index >= 15 is 0 Å². The lowest BCUT2D eigenvalue weighted by Gasteiger charge is -2.18. The Balaban J connectivity index is 1.87. The summed E-state index contributed by atoms with van der Waals surface area (Å²) in [5.41, 5.74) is 9.88. The molecule has 4 rings (SSSR count). The first-order valence-corrected chi connectivity index (χ1v) is 10.3. The molecular formula is C23H24BrN3O. The molecule has 4 nitrogen and oxygen atoms in total. The van der Waals surface area contributed by atoms with Crippen LogP contribution in [0, 0.1) is 6.92 Å². The maximum atomic E-state index is 5.75. The summed E-state index contributed by atoms with van der Waals surface area (Å²) in [6.45, 7) is 7.83. The minimum absolute atomic E-state index is 0.796. The van der Waals surface area contributed by atoms with Gasteiger partial charge >= 0.3 is 0 Å². The molecule has 3 aromatic rings. The number of benzene rings is 2. The molecule has 0 fully saturated rings. The highest BCUT2D eigenvalue weighted by molar-refractivity contribution is 9.10. The first-order chi connectivity index (χ1) is 13.5. The lowest BCUT2D eigenvalue weighted by Crippen LogP contribution is -2.17. The minimum atomic E-state index is 0.796. The predicted octanol–water partition coefficient (Wildman–Crippen LogP) is 5.76. The van der Waals surface area contributed by atoms with Crippen molar-refractivity contribution in [3.63, 3.8) is 0 Å². The minimum Gasteiger partial charge on any atom is -0.413 e. The summed E-state index contributed by atoms with van der Waals surface area (Å²) in [4.78, 5) is 10.6. The van der Waals surface area contributed by atoms with Crippen LogP contribution in [-0.4, -0.2) is 16.1 Å². The van der Waals surface area contributed by atoms with Gasteiger partial charge in [-0.25, -0.2) is 4.98 Å². The number of aryl methyl sites for hydroxylation is 1. The molecule has 0 saturated carbocycles. The Bertz CT molecular complexity index is 1080. The fourth-order valence-corrected chi connectivity index (χ4v) is 4.31. The fraction of sp³-hybridized carbons (Fsp3) is 0.261. The average Bonchev–Trinajstić information content (AvgIpc) is 2.98. The maximum Gasteiger partial charge on any atom is 0.129 e. The molecule has 0 spiro atoms. The van der Waals surface area contributed by atoms with E-state index in [2.05, 4.69) is 82.3 Å². The summed E-state index contributed by atoms with van der Waals surface area (Å²) in [6.07, 6.45) is 3.20. The number of hydroxylamine groups is 1. The molecule has 0 bridgehead atoms. The maximum absolute atomic E-state index is 5.75. The summed E-state index contributed by atoms with van der Waals surface area (Å²) in [5, 5.41) is 0. The first kappa shape index (κ1) is 19.0. The van der Waals surface area contributed by atoms with Gasteiger partial charge in [-0.05, 0) is 72.0 Å². The summed E-state index contributed by atoms with van der Waals surface area (Å²) in [7, 11) is 0. The Morgan fingerprint density at radius 1 is 1.14 bits per heavy atom. The van der Waals surface area contributed by atoms with Gasteiger partial charge in [0.15, 0.2) is 0 Å². The van der Waals surface area contributed by atoms with Crippen molar-refractivity contribution < 1.29 is 4.84 Å². The number of allylic oxidation sites excluding steroid dienone is 3. The van der Waals surface area contributed by atoms with Gasteiger partial charge in [0.05, 0.1) is 5.52 Å². The Hall–Kier alpha value is -2.37. The normalized spacial score (nSPS) is 15.2. The van der Waals surface area contributed by atoms with Crippen molar-refractivity contribution in [3.05, 3.63) is 81.3 Å². The topological polar surface area (TPSA) is 39.1 Å². The molecule has 2 heterocycles. The zero-order chi connectivity index (χ0) is 19.7. The zero-order valence-electron chi connectivity index (χ0n) is 16.4. The molecule has 0 radical (unpaired) electrons. The second-order valence-electron chi connectivity index (χ2n) is 7.16. The van der Waals surface area contributed by atoms with E-state index in [1.807, 2.05) is 13.0 Å². The highest BCUT2D eigenvalue weighted by atomic mass is 79.9. The van der Waals surface area contributed by atoms with Crippen molar-refractivity contribution in [3.8, 4) is 0 Å². The van der Waals surface area contributed by atoms with E-state index in [0.717, 1.165) is 57.7 Å². The molecular weight excluding hydrogens is 414 g/mol. The number of aromatic nitrogens is 2. The quantitative estimate of drug-likeness (QED) is 0.565. The van der Waals surface area contributed by atoms with Gasteiger partial charge in [-0.2, -0.15) is 5.48 Å². The first-order valence-electron chi connectivity index (χ1n) is 9.53. The molecule has 0 amide bonds. The van der Waals surface area contributed by atoms with Gasteiger partial charge in [0.25, 0.3) is 0 Å². The lowest BCUT2D eigenvalue weighted by atomic mass is 9.96. The van der Waals surface area contributed by atoms with Crippen molar-refractivity contribution in [1.29, 1.82) is 0 Å². The van der Waals surface area contributed by atoms with Gasteiger partial charge in [0.1, 0.15) is 17.1 Å². The van der Waals surface area contributed by atoms with E-state index in [4.69, 9.17) is 9.82 Å². The van der Waals surface area contributed by atoms with Crippen molar-refractivity contribution in [2.75, 3.05) is 6.54 Å². The Morgan fingerprint density at radius 2 is 1.93 bits per heavy atom. The third kappa shape index (κ3) is 3.64. The van der Waals surface area contributed by atoms with Gasteiger partial charge in [0, 0.05) is 23.1 Å². The van der Waals surface area contributed by atoms with Crippen molar-refractivity contribution in [1.82, 2.24) is 15.0 Å². The smallest absolute Gasteiger partial charge is 0.129 e. The van der Waals surface area contributed by atoms with E-state index < -0.39 is 0 Å². The van der Waals surface area contributed by atoms with Crippen LogP contribution in [0.15, 0.2) is 64.3 Å². The number of imidazole rings is 1. The third-order valence-corrected chi connectivity index (χ3v) is 5.74. The van der Waals surface area contributed by atoms with E-state index in [0.29, 0.717) is 0 Å². The van der Waals surface area contributed by atoms with Crippen LogP contribution in [0.2, 0.25) is 0 Å². The molecule has 0 unspecified atom stereocenters. The van der Waals surface area contributed by atoms with Crippen LogP contribution in [-0.2, 0) is 11.4 Å². The van der Waals surface area contributed by atoms with E-state index in [1.54, 1.807) is 0 Å². The van der Waals surface area contributed by atoms with Gasteiger partial charge in [-0.3, -0.25) is 0 Å². The number of halogens is 1. The van der Waals surface area contributed by atoms with Gasteiger partial charge in [0.2, 0.25) is 0 Å². The Labute approximate surface area is 174 Å². The van der Waals surface area contributed by atoms with Crippen molar-refractivity contribution >= 4 is 32.5 Å². The van der Waals surface area contributed by atoms with E-state index in [1.165, 1.54) is 11.1 Å². The molecule has 0 saturated heterocycles. The molecule has 0 aliphatic carbocycles. The number of rotatable bonds is 3. The molecule has 5 heteroatoms. The SMILES string of the molecule is CC1=CCCNOC(C)=C1c1cc(Br)c2nc(C)n(Cc3ccccc3)c2c1. The molecule has 2 aromatic carbocycles. The highest BCUT2D eigenvalue weighted by Crippen LogP contribution is 2.34. The van der Waals surface area contributed by atoms with Crippen LogP contribution in [0.3, 0.4) is 0 Å². The number of fused-ring (bicyclic) bond motifs is 1. The average molecular weight is 438 g/mol. The molecule has 144 valence electrons. The van der Waals surface area contributed by atoms with E-state index in [9.17, 15) is 0 Å². The van der Waals surface area contributed by atoms with Crippen LogP contribution >= 0.6 is 15.9 Å². The summed E-state index contributed by atoms with van der Waals surface area (Å²) >= 11 is 3.75. The number of nitrogens with zero attached hydrogens (tertiary/aromatic N) is 2. The number of nitrogens with one attached hydrogen (secondary N) is 1. The second-order valence-corrected chi connectivity index (χ2v) is 8.01. The lowest BCUT2D eigenvalue weighted by molar-refractivity contribution is 0.109. The molecule has 1 aliphatic rings. The molecule has 28 heavy (non-hydrogen) atoms. The van der Waals surface area contributed by atoms with Crippen LogP contribution in [0.5, 0.6) is 0 Å². The van der Waals surface area contributed by atoms with Crippen LogP contribution in [0.25, 0.3) is 16.6 Å². The molecule has 0 atom stereocenters. The standard InChI is InChI=1S/C23H24BrN3O/c1-15-8-7-11-25-28-16(2)22(15)19-12-20(24)23-21(13-19)27(17(3)26-23)14-18-9-5-4-6-10-18/h4-6,8-10,12-13,25H,7,11,14H2,1-3H3. The van der Waals surface area contributed by atoms with Gasteiger partial charge in [-0.1, -0.05) is 36.4 Å². The number of hydrogen-bond acceptors (Lipinski definition) is 3. The second kappa shape index (κ2) is 7.94. The highest BCUT2D eigenvalue weighted by Gasteiger charge is 2.17. The molecule has 1 aliphatic heterocycles. The predicted molar refractivity (Wildman–Crippen MR) is 118 cm³/mol. The summed E-state index contributed by atoms with van der Waals surface area (Å²) < 4.78 is 3.27. The van der Waals surface area contributed by atoms with Gasteiger partial charge in [-0.15, -0.1) is 0 Å². The summed E-state index contributed by atoms with van der Waals surface area (Å²) in [5.74, 6) is 1.88. The fourth-order valence-electron chi connectivity index (χ4n) is 3.78. The number of hydrogen-bond donors (Lipinski definition) is 1. The zero-order valence-corrected chi connectivity index (χ0v) is 18.0.